The molecular weight excluding hydrogens is 490 g/mol. The quantitative estimate of drug-likeness (QED) is 0.513. The van der Waals surface area contributed by atoms with Crippen molar-refractivity contribution >= 4 is 11.9 Å². The highest BCUT2D eigenvalue weighted by Crippen LogP contribution is 2.24. The Morgan fingerprint density at radius 1 is 0.971 bits per heavy atom. The van der Waals surface area contributed by atoms with E-state index in [0.717, 1.165) is 37.8 Å². The van der Waals surface area contributed by atoms with Crippen LogP contribution in [0.4, 0.5) is 26.3 Å². The van der Waals surface area contributed by atoms with Crippen LogP contribution in [0.1, 0.15) is 11.6 Å². The fourth-order valence-electron chi connectivity index (χ4n) is 2.82. The fraction of sp³-hybridized carbons (Fsp3) is 0.300. The van der Waals surface area contributed by atoms with Crippen LogP contribution in [-0.4, -0.2) is 60.5 Å². The molecular formula is C20H18F6N4O5. The van der Waals surface area contributed by atoms with Gasteiger partial charge >= 0.3 is 24.3 Å². The minimum Gasteiger partial charge on any atom is -0.475 e. The lowest BCUT2D eigenvalue weighted by Gasteiger charge is -2.27. The van der Waals surface area contributed by atoms with Crippen molar-refractivity contribution in [3.8, 4) is 11.3 Å². The van der Waals surface area contributed by atoms with Gasteiger partial charge in [0.2, 0.25) is 0 Å². The van der Waals surface area contributed by atoms with Crippen molar-refractivity contribution < 1.29 is 50.6 Å². The number of aromatic nitrogens is 3. The van der Waals surface area contributed by atoms with Crippen LogP contribution in [0.5, 0.6) is 0 Å². The minimum atomic E-state index is -5.08. The van der Waals surface area contributed by atoms with Gasteiger partial charge in [-0.25, -0.2) is 14.6 Å². The maximum absolute atomic E-state index is 10.6. The Kier molecular flexibility index (Phi) is 8.99. The van der Waals surface area contributed by atoms with Crippen LogP contribution in [0.2, 0.25) is 0 Å². The topological polar surface area (TPSA) is 122 Å². The summed E-state index contributed by atoms with van der Waals surface area (Å²) in [4.78, 5) is 28.8. The second kappa shape index (κ2) is 11.5. The fourth-order valence-corrected chi connectivity index (χ4v) is 2.82. The molecule has 1 aliphatic rings. The number of carbonyl (C=O) groups is 2. The molecule has 0 aromatic carbocycles. The first-order chi connectivity index (χ1) is 16.3. The van der Waals surface area contributed by atoms with Crippen molar-refractivity contribution in [2.45, 2.75) is 32.0 Å². The first kappa shape index (κ1) is 27.4. The van der Waals surface area contributed by atoms with Crippen LogP contribution >= 0.6 is 0 Å². The van der Waals surface area contributed by atoms with Crippen molar-refractivity contribution in [2.24, 2.45) is 0 Å². The Balaban J connectivity index is 0.000000257. The van der Waals surface area contributed by atoms with Gasteiger partial charge in [-0.3, -0.25) is 9.88 Å². The molecule has 0 spiro atoms. The molecule has 0 bridgehead atoms. The van der Waals surface area contributed by atoms with E-state index in [1.54, 1.807) is 6.26 Å². The number of carboxylic acids is 2. The molecule has 0 saturated heterocycles. The third kappa shape index (κ3) is 8.44. The average Bonchev–Trinajstić information content (AvgIpc) is 3.43. The number of nitrogens with zero attached hydrogens (tertiary/aromatic N) is 4. The van der Waals surface area contributed by atoms with Gasteiger partial charge < -0.3 is 19.2 Å². The SMILES string of the molecule is O=C(O)C(F)(F)F.O=C(O)C(F)(F)F.c1coc(CN2CCn3c(-c4ccncc4)cnc3C2)c1. The van der Waals surface area contributed by atoms with Crippen LogP contribution in [0.15, 0.2) is 53.5 Å². The van der Waals surface area contributed by atoms with Gasteiger partial charge in [-0.05, 0) is 24.3 Å². The largest absolute Gasteiger partial charge is 0.490 e. The summed E-state index contributed by atoms with van der Waals surface area (Å²) < 4.78 is 71.2. The predicted octanol–water partition coefficient (Wildman–Crippen LogP) is 3.82. The maximum atomic E-state index is 10.6. The van der Waals surface area contributed by atoms with E-state index in [4.69, 9.17) is 24.2 Å². The van der Waals surface area contributed by atoms with Gasteiger partial charge in [-0.15, -0.1) is 0 Å². The van der Waals surface area contributed by atoms with E-state index in [-0.39, 0.29) is 0 Å². The van der Waals surface area contributed by atoms with Crippen molar-refractivity contribution in [3.05, 3.63) is 60.7 Å². The number of imidazole rings is 1. The number of aliphatic carboxylic acids is 2. The number of rotatable bonds is 3. The molecule has 0 saturated carbocycles. The molecule has 0 atom stereocenters. The van der Waals surface area contributed by atoms with E-state index < -0.39 is 24.3 Å². The van der Waals surface area contributed by atoms with E-state index in [2.05, 4.69) is 19.4 Å². The normalized spacial score (nSPS) is 13.5. The lowest BCUT2D eigenvalue weighted by atomic mass is 10.2. The molecule has 15 heteroatoms. The molecule has 3 aromatic rings. The zero-order chi connectivity index (χ0) is 26.2. The number of fused-ring (bicyclic) bond motifs is 1. The van der Waals surface area contributed by atoms with Gasteiger partial charge in [0, 0.05) is 31.0 Å². The summed E-state index contributed by atoms with van der Waals surface area (Å²) in [6.45, 7) is 3.64. The van der Waals surface area contributed by atoms with E-state index in [1.165, 1.54) is 11.3 Å². The van der Waals surface area contributed by atoms with Gasteiger partial charge in [0.05, 0.1) is 31.2 Å². The number of hydrogen-bond acceptors (Lipinski definition) is 6. The summed E-state index contributed by atoms with van der Waals surface area (Å²) in [7, 11) is 0. The zero-order valence-corrected chi connectivity index (χ0v) is 17.6. The predicted molar refractivity (Wildman–Crippen MR) is 106 cm³/mol. The summed E-state index contributed by atoms with van der Waals surface area (Å²) >= 11 is 0. The molecule has 0 radical (unpaired) electrons. The summed E-state index contributed by atoms with van der Waals surface area (Å²) in [5.74, 6) is -3.40. The van der Waals surface area contributed by atoms with Crippen molar-refractivity contribution in [1.29, 1.82) is 0 Å². The lowest BCUT2D eigenvalue weighted by Crippen LogP contribution is -2.33. The molecule has 4 rings (SSSR count). The highest BCUT2D eigenvalue weighted by Gasteiger charge is 2.38. The summed E-state index contributed by atoms with van der Waals surface area (Å²) in [6, 6.07) is 8.00. The molecule has 1 aliphatic heterocycles. The van der Waals surface area contributed by atoms with Crippen LogP contribution in [-0.2, 0) is 29.2 Å². The Morgan fingerprint density at radius 3 is 2.03 bits per heavy atom. The molecule has 0 fully saturated rings. The molecule has 0 unspecified atom stereocenters. The first-order valence-corrected chi connectivity index (χ1v) is 9.58. The molecule has 3 aromatic heterocycles. The van der Waals surface area contributed by atoms with Crippen LogP contribution < -0.4 is 0 Å². The smallest absolute Gasteiger partial charge is 0.475 e. The van der Waals surface area contributed by atoms with Crippen LogP contribution in [0.25, 0.3) is 11.3 Å². The average molecular weight is 508 g/mol. The molecule has 35 heavy (non-hydrogen) atoms. The van der Waals surface area contributed by atoms with E-state index in [9.17, 15) is 26.3 Å². The molecule has 190 valence electrons. The number of alkyl halides is 6. The number of halogens is 6. The Labute approximate surface area is 193 Å². The highest BCUT2D eigenvalue weighted by molar-refractivity contribution is 5.73. The Morgan fingerprint density at radius 2 is 1.54 bits per heavy atom. The summed E-state index contributed by atoms with van der Waals surface area (Å²) in [6.07, 6.45) is -2.84. The van der Waals surface area contributed by atoms with Gasteiger partial charge in [0.1, 0.15) is 11.6 Å². The monoisotopic (exact) mass is 508 g/mol. The maximum Gasteiger partial charge on any atom is 0.490 e. The molecule has 2 N–H and O–H groups in total. The zero-order valence-electron chi connectivity index (χ0n) is 17.6. The summed E-state index contributed by atoms with van der Waals surface area (Å²) in [5.41, 5.74) is 2.34. The number of hydrogen-bond donors (Lipinski definition) is 2. The Hall–Kier alpha value is -3.88. The molecule has 4 heterocycles. The van der Waals surface area contributed by atoms with E-state index in [0.29, 0.717) is 0 Å². The van der Waals surface area contributed by atoms with Crippen molar-refractivity contribution in [3.63, 3.8) is 0 Å². The summed E-state index contributed by atoms with van der Waals surface area (Å²) in [5, 5.41) is 14.2. The van der Waals surface area contributed by atoms with E-state index >= 15 is 0 Å². The molecule has 0 aliphatic carbocycles. The Bertz CT molecular complexity index is 1070. The number of carboxylic acid groups (broad SMARTS) is 2. The lowest BCUT2D eigenvalue weighted by molar-refractivity contribution is -0.193. The molecule has 0 amide bonds. The number of pyridine rings is 1. The van der Waals surface area contributed by atoms with Gasteiger partial charge in [0.15, 0.2) is 0 Å². The third-order valence-electron chi connectivity index (χ3n) is 4.36. The van der Waals surface area contributed by atoms with Crippen molar-refractivity contribution in [1.82, 2.24) is 19.4 Å². The highest BCUT2D eigenvalue weighted by atomic mass is 19.4. The minimum absolute atomic E-state index is 0.838. The number of furan rings is 1. The van der Waals surface area contributed by atoms with E-state index in [1.807, 2.05) is 42.9 Å². The standard InChI is InChI=1S/C16H16N4O.2C2HF3O2/c1-2-14(21-9-1)11-19-7-8-20-15(10-18-16(20)12-19)13-3-5-17-6-4-13;2*3-2(4,5)1(6)7/h1-6,9-10H,7-8,11-12H2;2*(H,6,7). The first-order valence-electron chi connectivity index (χ1n) is 9.58. The van der Waals surface area contributed by atoms with Gasteiger partial charge in [-0.1, -0.05) is 0 Å². The second-order valence-electron chi connectivity index (χ2n) is 6.84. The van der Waals surface area contributed by atoms with Crippen LogP contribution in [0.3, 0.4) is 0 Å². The van der Waals surface area contributed by atoms with Gasteiger partial charge in [0.25, 0.3) is 0 Å². The molecule has 9 nitrogen and oxygen atoms in total. The third-order valence-corrected chi connectivity index (χ3v) is 4.36. The van der Waals surface area contributed by atoms with Crippen LogP contribution in [0, 0.1) is 0 Å². The van der Waals surface area contributed by atoms with Crippen molar-refractivity contribution in [2.75, 3.05) is 6.54 Å². The van der Waals surface area contributed by atoms with Gasteiger partial charge in [-0.2, -0.15) is 26.3 Å². The second-order valence-corrected chi connectivity index (χ2v) is 6.84.